The van der Waals surface area contributed by atoms with Crippen LogP contribution in [-0.4, -0.2) is 79.9 Å². The fourth-order valence-electron chi connectivity index (χ4n) is 9.74. The second kappa shape index (κ2) is 14.7. The lowest BCUT2D eigenvalue weighted by molar-refractivity contribution is -0.385. The van der Waals surface area contributed by atoms with Gasteiger partial charge in [0.15, 0.2) is 5.60 Å². The monoisotopic (exact) mass is 790 g/mol. The number of rotatable bonds is 10. The summed E-state index contributed by atoms with van der Waals surface area (Å²) in [6.07, 6.45) is -0.713. The molecule has 4 aliphatic rings. The van der Waals surface area contributed by atoms with E-state index in [2.05, 4.69) is 13.1 Å². The smallest absolute Gasteiger partial charge is 0.414 e. The number of nitro benzene ring substituents is 1. The quantitative estimate of drug-likeness (QED) is 0.122. The zero-order valence-corrected chi connectivity index (χ0v) is 33.4. The largest absolute Gasteiger partial charge is 0.497 e. The molecule has 3 amide bonds. The molecule has 4 aromatic carbocycles. The first-order valence-corrected chi connectivity index (χ1v) is 22.4. The van der Waals surface area contributed by atoms with E-state index in [-0.39, 0.29) is 49.2 Å². The van der Waals surface area contributed by atoms with Crippen molar-refractivity contribution in [1.82, 2.24) is 4.90 Å². The molecule has 8 rings (SSSR count). The van der Waals surface area contributed by atoms with E-state index in [1.54, 1.807) is 23.0 Å². The molecule has 0 unspecified atom stereocenters. The van der Waals surface area contributed by atoms with Gasteiger partial charge in [-0.25, -0.2) is 4.79 Å². The van der Waals surface area contributed by atoms with Crippen molar-refractivity contribution >= 4 is 48.2 Å². The first-order chi connectivity index (χ1) is 27.4. The Labute approximate surface area is 331 Å². The second-order valence-corrected chi connectivity index (χ2v) is 20.7. The first kappa shape index (κ1) is 38.3. The van der Waals surface area contributed by atoms with Gasteiger partial charge in [-0.1, -0.05) is 73.7 Å². The zero-order valence-electron chi connectivity index (χ0n) is 32.4. The Balaban J connectivity index is 1.21. The van der Waals surface area contributed by atoms with Crippen LogP contribution in [0.25, 0.3) is 0 Å². The predicted octanol–water partition coefficient (Wildman–Crippen LogP) is 5.66. The summed E-state index contributed by atoms with van der Waals surface area (Å²) in [5, 5.41) is 23.8. The molecule has 14 heteroatoms. The van der Waals surface area contributed by atoms with Crippen molar-refractivity contribution in [1.29, 1.82) is 0 Å². The van der Waals surface area contributed by atoms with Gasteiger partial charge in [-0.2, -0.15) is 0 Å². The number of non-ortho nitro benzene ring substituents is 1. The summed E-state index contributed by atoms with van der Waals surface area (Å²) in [6, 6.07) is 27.2. The standard InChI is InChI=1S/C43H46N4O9Si/c1-27-40(57(3,4)35-15-13-34(54-2)14-16-35)38(23-39(49)45-25-30-10-6-5-9-29(30)21-33(45)26-48)56-43(27)36-22-32(47(52)53)12-17-37(36)46(41(43)50)24-28-8-7-11-31(20-28)44-18-19-55-42(44)51/h5-17,20,22,27,33,38,40,48H,18-19,21,23-26H2,1-4H3/t27-,33+,38+,40-,43+/m1/s1. The number of carbonyl (C=O) groups excluding carboxylic acids is 3. The summed E-state index contributed by atoms with van der Waals surface area (Å²) < 4.78 is 17.8. The Hall–Kier alpha value is -5.57. The van der Waals surface area contributed by atoms with Crippen LogP contribution >= 0.6 is 0 Å². The van der Waals surface area contributed by atoms with Crippen LogP contribution < -0.4 is 19.7 Å². The fraction of sp³-hybridized carbons (Fsp3) is 0.372. The number of aliphatic hydroxyl groups excluding tert-OH is 1. The molecule has 1 N–H and O–H groups in total. The number of nitro groups is 1. The molecule has 57 heavy (non-hydrogen) atoms. The molecule has 0 aromatic heterocycles. The minimum atomic E-state index is -2.67. The number of fused-ring (bicyclic) bond motifs is 3. The van der Waals surface area contributed by atoms with E-state index in [9.17, 15) is 24.8 Å². The third kappa shape index (κ3) is 6.45. The van der Waals surface area contributed by atoms with Crippen LogP contribution in [0.3, 0.4) is 0 Å². The highest BCUT2D eigenvalue weighted by atomic mass is 28.3. The lowest BCUT2D eigenvalue weighted by Gasteiger charge is -2.39. The van der Waals surface area contributed by atoms with Gasteiger partial charge in [0.1, 0.15) is 12.4 Å². The second-order valence-electron chi connectivity index (χ2n) is 16.0. The van der Waals surface area contributed by atoms with Gasteiger partial charge < -0.3 is 29.1 Å². The molecule has 4 heterocycles. The number of hydrogen-bond acceptors (Lipinski definition) is 9. The van der Waals surface area contributed by atoms with Gasteiger partial charge in [-0.05, 0) is 59.0 Å². The number of hydrogen-bond donors (Lipinski definition) is 1. The summed E-state index contributed by atoms with van der Waals surface area (Å²) in [5.74, 6) is -0.368. The van der Waals surface area contributed by atoms with E-state index in [1.807, 2.05) is 79.7 Å². The van der Waals surface area contributed by atoms with Crippen molar-refractivity contribution in [3.8, 4) is 5.75 Å². The summed E-state index contributed by atoms with van der Waals surface area (Å²) in [7, 11) is -1.06. The third-order valence-corrected chi connectivity index (χ3v) is 17.0. The molecular weight excluding hydrogens is 745 g/mol. The highest BCUT2D eigenvalue weighted by Gasteiger charge is 2.67. The molecule has 1 spiro atoms. The van der Waals surface area contributed by atoms with E-state index < -0.39 is 42.8 Å². The van der Waals surface area contributed by atoms with Crippen LogP contribution in [0.4, 0.5) is 21.9 Å². The number of ether oxygens (including phenoxy) is 3. The molecule has 0 saturated carbocycles. The molecule has 296 valence electrons. The maximum Gasteiger partial charge on any atom is 0.414 e. The Morgan fingerprint density at radius 1 is 1.02 bits per heavy atom. The van der Waals surface area contributed by atoms with Gasteiger partial charge in [0, 0.05) is 35.8 Å². The summed E-state index contributed by atoms with van der Waals surface area (Å²) in [5.41, 5.74) is 2.26. The van der Waals surface area contributed by atoms with Gasteiger partial charge in [0.2, 0.25) is 5.91 Å². The molecule has 2 saturated heterocycles. The van der Waals surface area contributed by atoms with Crippen LogP contribution in [0.2, 0.25) is 18.6 Å². The number of anilines is 2. The van der Waals surface area contributed by atoms with Gasteiger partial charge >= 0.3 is 6.09 Å². The third-order valence-electron chi connectivity index (χ3n) is 12.6. The summed E-state index contributed by atoms with van der Waals surface area (Å²) >= 11 is 0. The Bertz CT molecular complexity index is 2250. The Kier molecular flexibility index (Phi) is 9.91. The molecule has 5 atom stereocenters. The number of aliphatic hydroxyl groups is 1. The number of cyclic esters (lactones) is 1. The van der Waals surface area contributed by atoms with E-state index in [4.69, 9.17) is 14.2 Å². The average Bonchev–Trinajstić information content (AvgIpc) is 3.85. The molecule has 0 bridgehead atoms. The van der Waals surface area contributed by atoms with Gasteiger partial charge in [-0.15, -0.1) is 0 Å². The fourth-order valence-corrected chi connectivity index (χ4v) is 13.7. The average molecular weight is 791 g/mol. The number of amides is 3. The highest BCUT2D eigenvalue weighted by molar-refractivity contribution is 6.91. The van der Waals surface area contributed by atoms with Gasteiger partial charge in [0.05, 0.1) is 64.1 Å². The SMILES string of the molecule is COc1ccc([Si](C)(C)[C@H]2[C@H](CC(=O)N3Cc4ccccc4C[C@H]3CO)O[C@@]3(C(=O)N(Cc4cccc(N5CCOC5=O)c4)c4ccc([N+](=O)[O-])cc43)[C@@H]2C)cc1. The first-order valence-electron chi connectivity index (χ1n) is 19.3. The van der Waals surface area contributed by atoms with Crippen LogP contribution in [0.1, 0.15) is 35.6 Å². The predicted molar refractivity (Wildman–Crippen MR) is 215 cm³/mol. The number of benzene rings is 4. The molecule has 13 nitrogen and oxygen atoms in total. The van der Waals surface area contributed by atoms with Crippen LogP contribution in [0.15, 0.2) is 91.0 Å². The lowest BCUT2D eigenvalue weighted by atomic mass is 9.82. The van der Waals surface area contributed by atoms with Gasteiger partial charge in [0.25, 0.3) is 11.6 Å². The van der Waals surface area contributed by atoms with Crippen LogP contribution in [0.5, 0.6) is 5.75 Å². The van der Waals surface area contributed by atoms with E-state index >= 15 is 4.79 Å². The molecule has 4 aromatic rings. The maximum absolute atomic E-state index is 15.4. The van der Waals surface area contributed by atoms with Crippen molar-refractivity contribution in [3.05, 3.63) is 123 Å². The van der Waals surface area contributed by atoms with Crippen molar-refractivity contribution in [2.75, 3.05) is 36.7 Å². The maximum atomic E-state index is 15.4. The lowest BCUT2D eigenvalue weighted by Crippen LogP contribution is -2.52. The number of carbonyl (C=O) groups is 3. The molecule has 2 fully saturated rings. The zero-order chi connectivity index (χ0) is 40.2. The Morgan fingerprint density at radius 3 is 2.46 bits per heavy atom. The van der Waals surface area contributed by atoms with E-state index in [1.165, 1.54) is 17.0 Å². The molecular formula is C43H46N4O9Si. The number of methoxy groups -OCH3 is 1. The summed E-state index contributed by atoms with van der Waals surface area (Å²) in [6.45, 7) is 7.34. The topological polar surface area (TPSA) is 152 Å². The minimum absolute atomic E-state index is 0.0481. The number of nitrogens with zero attached hydrogens (tertiary/aromatic N) is 4. The normalized spacial score (nSPS) is 24.1. The van der Waals surface area contributed by atoms with E-state index in [0.29, 0.717) is 42.2 Å². The molecule has 4 aliphatic heterocycles. The summed E-state index contributed by atoms with van der Waals surface area (Å²) in [4.78, 5) is 59.0. The minimum Gasteiger partial charge on any atom is -0.497 e. The van der Waals surface area contributed by atoms with E-state index in [0.717, 1.165) is 21.9 Å². The Morgan fingerprint density at radius 2 is 1.77 bits per heavy atom. The van der Waals surface area contributed by atoms with Crippen molar-refractivity contribution in [2.45, 2.75) is 69.2 Å². The highest BCUT2D eigenvalue weighted by Crippen LogP contribution is 2.60. The molecule has 0 radical (unpaired) electrons. The molecule has 0 aliphatic carbocycles. The van der Waals surface area contributed by atoms with Crippen molar-refractivity contribution < 1.29 is 38.6 Å². The van der Waals surface area contributed by atoms with Crippen LogP contribution in [0, 0.1) is 16.0 Å². The van der Waals surface area contributed by atoms with Crippen molar-refractivity contribution in [2.24, 2.45) is 5.92 Å². The van der Waals surface area contributed by atoms with Crippen molar-refractivity contribution in [3.63, 3.8) is 0 Å². The van der Waals surface area contributed by atoms with Crippen LogP contribution in [-0.2, 0) is 44.2 Å². The van der Waals surface area contributed by atoms with Gasteiger partial charge in [-0.3, -0.25) is 24.6 Å².